The van der Waals surface area contributed by atoms with Crippen LogP contribution in [0.1, 0.15) is 52.9 Å². The van der Waals surface area contributed by atoms with Crippen molar-refractivity contribution in [3.05, 3.63) is 0 Å². The lowest BCUT2D eigenvalue weighted by Gasteiger charge is -2.23. The van der Waals surface area contributed by atoms with E-state index in [4.69, 9.17) is 4.74 Å². The molecule has 0 heterocycles. The average Bonchev–Trinajstić information content (AvgIpc) is 2.75. The van der Waals surface area contributed by atoms with E-state index in [1.54, 1.807) is 0 Å². The van der Waals surface area contributed by atoms with Gasteiger partial charge in [0.05, 0.1) is 6.42 Å². The van der Waals surface area contributed by atoms with Crippen LogP contribution >= 0.6 is 0 Å². The highest BCUT2D eigenvalue weighted by atomic mass is 16.6. The van der Waals surface area contributed by atoms with E-state index in [2.05, 4.69) is 5.32 Å². The molecule has 3 unspecified atom stereocenters. The van der Waals surface area contributed by atoms with Crippen molar-refractivity contribution in [3.8, 4) is 0 Å². The lowest BCUT2D eigenvalue weighted by molar-refractivity contribution is -0.154. The van der Waals surface area contributed by atoms with Crippen LogP contribution in [-0.4, -0.2) is 24.2 Å². The molecule has 3 heteroatoms. The Bertz CT molecular complexity index is 282. The van der Waals surface area contributed by atoms with Crippen molar-refractivity contribution in [3.63, 3.8) is 0 Å². The molecule has 17 heavy (non-hydrogen) atoms. The number of rotatable bonds is 4. The van der Waals surface area contributed by atoms with Gasteiger partial charge in [0.15, 0.2) is 0 Å². The van der Waals surface area contributed by atoms with Crippen LogP contribution in [0.3, 0.4) is 0 Å². The fourth-order valence-corrected chi connectivity index (χ4v) is 3.25. The highest BCUT2D eigenvalue weighted by Gasteiger charge is 2.38. The van der Waals surface area contributed by atoms with Crippen LogP contribution in [0, 0.1) is 11.8 Å². The van der Waals surface area contributed by atoms with E-state index < -0.39 is 0 Å². The largest absolute Gasteiger partial charge is 0.460 e. The van der Waals surface area contributed by atoms with Crippen LogP contribution in [-0.2, 0) is 9.53 Å². The predicted molar refractivity (Wildman–Crippen MR) is 67.7 cm³/mol. The normalized spacial score (nSPS) is 31.8. The SMILES string of the molecule is CC(C)(C)OC(=O)CCNC1CC2CCC1C2. The summed E-state index contributed by atoms with van der Waals surface area (Å²) < 4.78 is 5.29. The van der Waals surface area contributed by atoms with Gasteiger partial charge in [-0.3, -0.25) is 4.79 Å². The second-order valence-electron chi connectivity index (χ2n) is 6.57. The summed E-state index contributed by atoms with van der Waals surface area (Å²) in [5.74, 6) is 1.74. The molecule has 0 radical (unpaired) electrons. The average molecular weight is 239 g/mol. The van der Waals surface area contributed by atoms with Gasteiger partial charge in [-0.05, 0) is 51.9 Å². The third-order valence-corrected chi connectivity index (χ3v) is 3.89. The van der Waals surface area contributed by atoms with Gasteiger partial charge in [-0.15, -0.1) is 0 Å². The minimum absolute atomic E-state index is 0.0897. The Morgan fingerprint density at radius 1 is 1.29 bits per heavy atom. The first-order valence-corrected chi connectivity index (χ1v) is 6.89. The third-order valence-electron chi connectivity index (χ3n) is 3.89. The molecule has 0 aliphatic heterocycles. The van der Waals surface area contributed by atoms with Crippen molar-refractivity contribution in [2.75, 3.05) is 6.54 Å². The minimum atomic E-state index is -0.358. The Labute approximate surface area is 104 Å². The number of ether oxygens (including phenoxy) is 1. The van der Waals surface area contributed by atoms with Gasteiger partial charge in [-0.1, -0.05) is 6.42 Å². The molecule has 0 spiro atoms. The Hall–Kier alpha value is -0.570. The molecule has 0 saturated heterocycles. The summed E-state index contributed by atoms with van der Waals surface area (Å²) in [5, 5.41) is 3.53. The minimum Gasteiger partial charge on any atom is -0.460 e. The maximum Gasteiger partial charge on any atom is 0.307 e. The molecule has 0 amide bonds. The fourth-order valence-electron chi connectivity index (χ4n) is 3.25. The zero-order valence-electron chi connectivity index (χ0n) is 11.3. The summed E-state index contributed by atoms with van der Waals surface area (Å²) in [5.41, 5.74) is -0.358. The summed E-state index contributed by atoms with van der Waals surface area (Å²) in [4.78, 5) is 11.5. The second kappa shape index (κ2) is 4.97. The number of nitrogens with one attached hydrogen (secondary N) is 1. The van der Waals surface area contributed by atoms with Gasteiger partial charge in [-0.25, -0.2) is 0 Å². The molecular formula is C14H25NO2. The van der Waals surface area contributed by atoms with E-state index in [0.717, 1.165) is 18.4 Å². The molecule has 2 aliphatic carbocycles. The highest BCUT2D eigenvalue weighted by Crippen LogP contribution is 2.44. The topological polar surface area (TPSA) is 38.3 Å². The van der Waals surface area contributed by atoms with Crippen molar-refractivity contribution < 1.29 is 9.53 Å². The van der Waals surface area contributed by atoms with Gasteiger partial charge >= 0.3 is 5.97 Å². The molecule has 3 nitrogen and oxygen atoms in total. The number of esters is 1. The molecule has 2 aliphatic rings. The van der Waals surface area contributed by atoms with E-state index >= 15 is 0 Å². The van der Waals surface area contributed by atoms with Crippen LogP contribution in [0.25, 0.3) is 0 Å². The molecule has 2 saturated carbocycles. The Morgan fingerprint density at radius 3 is 2.59 bits per heavy atom. The third kappa shape index (κ3) is 3.70. The van der Waals surface area contributed by atoms with Crippen LogP contribution in [0.15, 0.2) is 0 Å². The molecular weight excluding hydrogens is 214 g/mol. The smallest absolute Gasteiger partial charge is 0.307 e. The molecule has 0 aromatic carbocycles. The first-order valence-electron chi connectivity index (χ1n) is 6.89. The quantitative estimate of drug-likeness (QED) is 0.766. The van der Waals surface area contributed by atoms with Gasteiger partial charge in [0.25, 0.3) is 0 Å². The molecule has 0 aromatic heterocycles. The van der Waals surface area contributed by atoms with Crippen LogP contribution in [0.5, 0.6) is 0 Å². The molecule has 0 aromatic rings. The van der Waals surface area contributed by atoms with Gasteiger partial charge < -0.3 is 10.1 Å². The molecule has 2 rings (SSSR count). The van der Waals surface area contributed by atoms with E-state index in [-0.39, 0.29) is 11.6 Å². The van der Waals surface area contributed by atoms with Crippen molar-refractivity contribution in [2.24, 2.45) is 11.8 Å². The lowest BCUT2D eigenvalue weighted by Crippen LogP contribution is -2.36. The van der Waals surface area contributed by atoms with Crippen molar-refractivity contribution in [2.45, 2.75) is 64.5 Å². The Balaban J connectivity index is 1.62. The molecule has 1 N–H and O–H groups in total. The maximum atomic E-state index is 11.5. The van der Waals surface area contributed by atoms with E-state index in [0.29, 0.717) is 12.5 Å². The van der Waals surface area contributed by atoms with Crippen LogP contribution in [0.2, 0.25) is 0 Å². The number of hydrogen-bond acceptors (Lipinski definition) is 3. The monoisotopic (exact) mass is 239 g/mol. The molecule has 98 valence electrons. The van der Waals surface area contributed by atoms with Gasteiger partial charge in [0.1, 0.15) is 5.60 Å². The van der Waals surface area contributed by atoms with Gasteiger partial charge in [-0.2, -0.15) is 0 Å². The number of carbonyl (C=O) groups excluding carboxylic acids is 1. The first kappa shape index (κ1) is 12.9. The molecule has 2 bridgehead atoms. The standard InChI is InChI=1S/C14H25NO2/c1-14(2,3)17-13(16)6-7-15-12-9-10-4-5-11(12)8-10/h10-12,15H,4-9H2,1-3H3. The number of fused-ring (bicyclic) bond motifs is 2. The van der Waals surface area contributed by atoms with Crippen molar-refractivity contribution in [1.82, 2.24) is 5.32 Å². The Morgan fingerprint density at radius 2 is 2.06 bits per heavy atom. The highest BCUT2D eigenvalue weighted by molar-refractivity contribution is 5.70. The van der Waals surface area contributed by atoms with Crippen LogP contribution < -0.4 is 5.32 Å². The first-order chi connectivity index (χ1) is 7.94. The second-order valence-corrected chi connectivity index (χ2v) is 6.57. The number of hydrogen-bond donors (Lipinski definition) is 1. The zero-order valence-corrected chi connectivity index (χ0v) is 11.3. The lowest BCUT2D eigenvalue weighted by atomic mass is 9.95. The zero-order chi connectivity index (χ0) is 12.5. The Kier molecular flexibility index (Phi) is 3.76. The summed E-state index contributed by atoms with van der Waals surface area (Å²) >= 11 is 0. The molecule has 2 fully saturated rings. The van der Waals surface area contributed by atoms with Gasteiger partial charge in [0.2, 0.25) is 0 Å². The van der Waals surface area contributed by atoms with E-state index in [9.17, 15) is 4.79 Å². The predicted octanol–water partition coefficient (Wildman–Crippen LogP) is 2.50. The van der Waals surface area contributed by atoms with Crippen LogP contribution in [0.4, 0.5) is 0 Å². The molecule has 3 atom stereocenters. The summed E-state index contributed by atoms with van der Waals surface area (Å²) in [6, 6.07) is 0.663. The number of carbonyl (C=O) groups is 1. The fraction of sp³-hybridized carbons (Fsp3) is 0.929. The van der Waals surface area contributed by atoms with Crippen molar-refractivity contribution in [1.29, 1.82) is 0 Å². The summed E-state index contributed by atoms with van der Waals surface area (Å²) in [6.07, 6.45) is 6.03. The summed E-state index contributed by atoms with van der Waals surface area (Å²) in [6.45, 7) is 6.50. The van der Waals surface area contributed by atoms with E-state index in [1.165, 1.54) is 25.7 Å². The summed E-state index contributed by atoms with van der Waals surface area (Å²) in [7, 11) is 0. The van der Waals surface area contributed by atoms with Gasteiger partial charge in [0, 0.05) is 12.6 Å². The van der Waals surface area contributed by atoms with E-state index in [1.807, 2.05) is 20.8 Å². The maximum absolute atomic E-state index is 11.5. The van der Waals surface area contributed by atoms with Crippen molar-refractivity contribution >= 4 is 5.97 Å².